The van der Waals surface area contributed by atoms with Crippen molar-refractivity contribution in [2.75, 3.05) is 27.4 Å². The van der Waals surface area contributed by atoms with Gasteiger partial charge in [0.1, 0.15) is 35.7 Å². The number of amides is 2. The van der Waals surface area contributed by atoms with Gasteiger partial charge >= 0.3 is 18.0 Å². The molecule has 10 heteroatoms. The predicted octanol–water partition coefficient (Wildman–Crippen LogP) is 2.95. The number of hydrogen-bond donors (Lipinski definition) is 2. The maximum atomic E-state index is 12.7. The first kappa shape index (κ1) is 24.7. The van der Waals surface area contributed by atoms with E-state index in [9.17, 15) is 14.4 Å². The number of ether oxygens (including phenoxy) is 4. The zero-order valence-electron chi connectivity index (χ0n) is 19.6. The number of hydrogen-bond acceptors (Lipinski definition) is 8. The minimum Gasteiger partial charge on any atom is -0.497 e. The van der Waals surface area contributed by atoms with E-state index in [2.05, 4.69) is 10.6 Å². The molecule has 1 aromatic carbocycles. The van der Waals surface area contributed by atoms with E-state index in [0.717, 1.165) is 5.56 Å². The van der Waals surface area contributed by atoms with Gasteiger partial charge in [-0.3, -0.25) is 4.79 Å². The lowest BCUT2D eigenvalue weighted by Crippen LogP contribution is -2.47. The highest BCUT2D eigenvalue weighted by atomic mass is 16.5. The Hall–Kier alpha value is -3.95. The zero-order valence-corrected chi connectivity index (χ0v) is 19.6. The minimum atomic E-state index is -0.878. The quantitative estimate of drug-likeness (QED) is 0.506. The third-order valence-electron chi connectivity index (χ3n) is 5.16. The van der Waals surface area contributed by atoms with Gasteiger partial charge < -0.3 is 34.0 Å². The molecule has 2 amide bonds. The topological polar surface area (TPSA) is 125 Å². The van der Waals surface area contributed by atoms with Crippen LogP contribution in [0.4, 0.5) is 4.79 Å². The normalized spacial score (nSPS) is 15.3. The Bertz CT molecular complexity index is 1090. The molecule has 0 aliphatic carbocycles. The Balaban J connectivity index is 1.75. The van der Waals surface area contributed by atoms with Crippen LogP contribution in [0.15, 0.2) is 46.0 Å². The summed E-state index contributed by atoms with van der Waals surface area (Å²) in [7, 11) is 3.10. The number of aryl methyl sites for hydroxylation is 2. The molecule has 3 rings (SSSR count). The molecule has 0 bridgehead atoms. The van der Waals surface area contributed by atoms with Gasteiger partial charge in [0.2, 0.25) is 0 Å². The number of urea groups is 1. The number of nitrogens with one attached hydrogen (secondary N) is 2. The molecule has 2 aromatic rings. The second-order valence-electron chi connectivity index (χ2n) is 7.43. The van der Waals surface area contributed by atoms with Crippen molar-refractivity contribution in [2.45, 2.75) is 32.7 Å². The summed E-state index contributed by atoms with van der Waals surface area (Å²) in [4.78, 5) is 37.4. The van der Waals surface area contributed by atoms with Crippen LogP contribution >= 0.6 is 0 Å². The summed E-state index contributed by atoms with van der Waals surface area (Å²) in [5.74, 6) is 1.09. The Kier molecular flexibility index (Phi) is 8.18. The van der Waals surface area contributed by atoms with Crippen LogP contribution in [-0.2, 0) is 25.5 Å². The second kappa shape index (κ2) is 11.3. The molecular weight excluding hydrogens is 444 g/mol. The van der Waals surface area contributed by atoms with Crippen molar-refractivity contribution in [3.8, 4) is 11.5 Å². The van der Waals surface area contributed by atoms with Crippen molar-refractivity contribution in [3.63, 3.8) is 0 Å². The summed E-state index contributed by atoms with van der Waals surface area (Å²) >= 11 is 0. The molecule has 182 valence electrons. The van der Waals surface area contributed by atoms with Crippen molar-refractivity contribution >= 4 is 18.0 Å². The molecule has 1 aromatic heterocycles. The molecule has 1 aliphatic heterocycles. The minimum absolute atomic E-state index is 0.0541. The average Bonchev–Trinajstić information content (AvgIpc) is 3.26. The van der Waals surface area contributed by atoms with Crippen LogP contribution in [0.1, 0.15) is 36.5 Å². The second-order valence-corrected chi connectivity index (χ2v) is 7.43. The van der Waals surface area contributed by atoms with Crippen LogP contribution < -0.4 is 20.1 Å². The first-order valence-corrected chi connectivity index (χ1v) is 10.8. The van der Waals surface area contributed by atoms with E-state index in [1.165, 1.54) is 0 Å². The number of furan rings is 1. The predicted molar refractivity (Wildman–Crippen MR) is 120 cm³/mol. The van der Waals surface area contributed by atoms with Crippen molar-refractivity contribution in [2.24, 2.45) is 0 Å². The van der Waals surface area contributed by atoms with Gasteiger partial charge in [-0.15, -0.1) is 0 Å². The van der Waals surface area contributed by atoms with Crippen molar-refractivity contribution in [1.29, 1.82) is 0 Å². The molecule has 2 N–H and O–H groups in total. The molecule has 0 radical (unpaired) electrons. The highest BCUT2D eigenvalue weighted by Crippen LogP contribution is 2.29. The largest absolute Gasteiger partial charge is 0.497 e. The van der Waals surface area contributed by atoms with E-state index in [-0.39, 0.29) is 30.9 Å². The monoisotopic (exact) mass is 472 g/mol. The summed E-state index contributed by atoms with van der Waals surface area (Å²) in [6.45, 7) is 3.24. The third kappa shape index (κ3) is 5.89. The van der Waals surface area contributed by atoms with Crippen molar-refractivity contribution in [3.05, 3.63) is 58.7 Å². The van der Waals surface area contributed by atoms with Gasteiger partial charge in [0.15, 0.2) is 0 Å². The number of carbonyl (C=O) groups excluding carboxylic acids is 3. The van der Waals surface area contributed by atoms with Gasteiger partial charge in [0.25, 0.3) is 0 Å². The van der Waals surface area contributed by atoms with E-state index >= 15 is 0 Å². The molecule has 1 unspecified atom stereocenters. The van der Waals surface area contributed by atoms with Crippen LogP contribution in [0.2, 0.25) is 0 Å². The van der Waals surface area contributed by atoms with E-state index in [0.29, 0.717) is 29.4 Å². The van der Waals surface area contributed by atoms with Crippen LogP contribution in [0.25, 0.3) is 0 Å². The lowest BCUT2D eigenvalue weighted by molar-refractivity contribution is -0.143. The first-order valence-electron chi connectivity index (χ1n) is 10.8. The first-order chi connectivity index (χ1) is 16.4. The average molecular weight is 472 g/mol. The summed E-state index contributed by atoms with van der Waals surface area (Å²) in [5.41, 5.74) is 1.03. The SMILES string of the molecule is CCOC(=O)C1=C(COC(=O)CCc2cc(OC)ccc2OC)NC(=O)NC1c1ccc(C)o1. The molecule has 0 spiro atoms. The third-order valence-corrected chi connectivity index (χ3v) is 5.16. The van der Waals surface area contributed by atoms with Gasteiger partial charge in [-0.1, -0.05) is 0 Å². The highest BCUT2D eigenvalue weighted by molar-refractivity contribution is 5.95. The van der Waals surface area contributed by atoms with Crippen LogP contribution in [-0.4, -0.2) is 45.4 Å². The number of rotatable bonds is 10. The van der Waals surface area contributed by atoms with Crippen molar-refractivity contribution in [1.82, 2.24) is 10.6 Å². The molecule has 10 nitrogen and oxygen atoms in total. The smallest absolute Gasteiger partial charge is 0.338 e. The molecule has 1 aliphatic rings. The number of esters is 2. The van der Waals surface area contributed by atoms with Gasteiger partial charge in [0.05, 0.1) is 32.1 Å². The van der Waals surface area contributed by atoms with E-state index in [4.69, 9.17) is 23.4 Å². The molecule has 0 fully saturated rings. The Morgan fingerprint density at radius 2 is 1.88 bits per heavy atom. The number of benzene rings is 1. The van der Waals surface area contributed by atoms with E-state index in [1.807, 2.05) is 0 Å². The fraction of sp³-hybridized carbons (Fsp3) is 0.375. The van der Waals surface area contributed by atoms with Crippen LogP contribution in [0.3, 0.4) is 0 Å². The molecule has 0 saturated carbocycles. The maximum Gasteiger partial charge on any atom is 0.338 e. The molecule has 34 heavy (non-hydrogen) atoms. The summed E-state index contributed by atoms with van der Waals surface area (Å²) in [5, 5.41) is 5.20. The fourth-order valence-electron chi connectivity index (χ4n) is 3.54. The Labute approximate surface area is 197 Å². The number of methoxy groups -OCH3 is 2. The standard InChI is InChI=1S/C24H28N2O8/c1-5-32-23(28)21-17(25-24(29)26-22(21)19-9-6-14(2)34-19)13-33-20(27)11-7-15-12-16(30-3)8-10-18(15)31-4/h6,8-10,12,22H,5,7,11,13H2,1-4H3,(H2,25,26,29). The van der Waals surface area contributed by atoms with Crippen molar-refractivity contribution < 1.29 is 37.7 Å². The van der Waals surface area contributed by atoms with E-state index in [1.54, 1.807) is 58.4 Å². The summed E-state index contributed by atoms with van der Waals surface area (Å²) in [6, 6.07) is 7.26. The van der Waals surface area contributed by atoms with Crippen LogP contribution in [0.5, 0.6) is 11.5 Å². The number of carbonyl (C=O) groups is 3. The molecule has 1 atom stereocenters. The van der Waals surface area contributed by atoms with Gasteiger partial charge in [0, 0.05) is 6.42 Å². The molecular formula is C24H28N2O8. The highest BCUT2D eigenvalue weighted by Gasteiger charge is 2.36. The summed E-state index contributed by atoms with van der Waals surface area (Å²) < 4.78 is 26.7. The molecule has 2 heterocycles. The fourth-order valence-corrected chi connectivity index (χ4v) is 3.54. The summed E-state index contributed by atoms with van der Waals surface area (Å²) in [6.07, 6.45) is 0.406. The molecule has 0 saturated heterocycles. The van der Waals surface area contributed by atoms with Gasteiger partial charge in [-0.05, 0) is 56.2 Å². The van der Waals surface area contributed by atoms with Gasteiger partial charge in [-0.25, -0.2) is 9.59 Å². The Morgan fingerprint density at radius 3 is 2.53 bits per heavy atom. The maximum absolute atomic E-state index is 12.7. The zero-order chi connectivity index (χ0) is 24.7. The lowest BCUT2D eigenvalue weighted by Gasteiger charge is -2.27. The van der Waals surface area contributed by atoms with E-state index < -0.39 is 24.0 Å². The Morgan fingerprint density at radius 1 is 1.09 bits per heavy atom. The van der Waals surface area contributed by atoms with Crippen LogP contribution in [0, 0.1) is 6.92 Å². The lowest BCUT2D eigenvalue weighted by atomic mass is 10.0. The van der Waals surface area contributed by atoms with Gasteiger partial charge in [-0.2, -0.15) is 0 Å².